The molecule has 0 aliphatic heterocycles. The van der Waals surface area contributed by atoms with E-state index in [4.69, 9.17) is 16.6 Å². The Morgan fingerprint density at radius 3 is 2.57 bits per heavy atom. The van der Waals surface area contributed by atoms with Crippen LogP contribution >= 0.6 is 11.6 Å². The lowest BCUT2D eigenvalue weighted by atomic mass is 9.92. The molecule has 0 amide bonds. The zero-order valence-corrected chi connectivity index (χ0v) is 14.5. The Kier molecular flexibility index (Phi) is 3.94. The summed E-state index contributed by atoms with van der Waals surface area (Å²) < 4.78 is 1.99. The average molecular weight is 327 g/mol. The summed E-state index contributed by atoms with van der Waals surface area (Å²) in [6.07, 6.45) is 2.03. The molecule has 0 radical (unpaired) electrons. The molecular formula is C18H19ClN4. The van der Waals surface area contributed by atoms with E-state index < -0.39 is 0 Å². The highest BCUT2D eigenvalue weighted by Crippen LogP contribution is 2.33. The molecule has 3 aromatic rings. The highest BCUT2D eigenvalue weighted by atomic mass is 35.5. The van der Waals surface area contributed by atoms with Crippen LogP contribution < -0.4 is 0 Å². The van der Waals surface area contributed by atoms with E-state index in [1.54, 1.807) is 6.07 Å². The van der Waals surface area contributed by atoms with Crippen LogP contribution in [0.1, 0.15) is 32.0 Å². The van der Waals surface area contributed by atoms with Gasteiger partial charge in [-0.3, -0.25) is 4.40 Å². The molecule has 4 nitrogen and oxygen atoms in total. The summed E-state index contributed by atoms with van der Waals surface area (Å²) >= 11 is 6.01. The Labute approximate surface area is 140 Å². The molecule has 1 aromatic carbocycles. The Morgan fingerprint density at radius 1 is 1.09 bits per heavy atom. The predicted molar refractivity (Wildman–Crippen MR) is 94.3 cm³/mol. The molecule has 0 atom stereocenters. The zero-order valence-electron chi connectivity index (χ0n) is 13.7. The van der Waals surface area contributed by atoms with Gasteiger partial charge in [0.05, 0.1) is 11.4 Å². The van der Waals surface area contributed by atoms with Gasteiger partial charge in [0.2, 0.25) is 0 Å². The number of hydrogen-bond donors (Lipinski definition) is 0. The Morgan fingerprint density at radius 2 is 1.87 bits per heavy atom. The maximum absolute atomic E-state index is 6.01. The number of hydrogen-bond acceptors (Lipinski definition) is 3. The fourth-order valence-corrected chi connectivity index (χ4v) is 2.57. The van der Waals surface area contributed by atoms with E-state index in [2.05, 4.69) is 31.0 Å². The van der Waals surface area contributed by atoms with Gasteiger partial charge in [0.1, 0.15) is 5.65 Å². The van der Waals surface area contributed by atoms with Gasteiger partial charge in [-0.15, -0.1) is 10.2 Å². The number of aromatic nitrogens is 2. The molecule has 0 N–H and O–H groups in total. The lowest BCUT2D eigenvalue weighted by Crippen LogP contribution is -2.11. The maximum Gasteiger partial charge on any atom is 0.183 e. The third kappa shape index (κ3) is 3.27. The Balaban J connectivity index is 2.16. The second-order valence-electron chi connectivity index (χ2n) is 6.65. The number of fused-ring (bicyclic) bond motifs is 1. The third-order valence-corrected chi connectivity index (χ3v) is 3.76. The maximum atomic E-state index is 6.01. The van der Waals surface area contributed by atoms with Crippen LogP contribution in [0, 0.1) is 6.92 Å². The average Bonchev–Trinajstić information content (AvgIpc) is 2.83. The number of nitrogens with zero attached hydrogens (tertiary/aromatic N) is 4. The van der Waals surface area contributed by atoms with Crippen LogP contribution in [0.25, 0.3) is 5.65 Å². The molecule has 5 heteroatoms. The number of imidazole rings is 1. The van der Waals surface area contributed by atoms with Crippen LogP contribution in [0.15, 0.2) is 52.8 Å². The van der Waals surface area contributed by atoms with Gasteiger partial charge >= 0.3 is 0 Å². The van der Waals surface area contributed by atoms with Gasteiger partial charge in [-0.05, 0) is 36.8 Å². The van der Waals surface area contributed by atoms with Crippen molar-refractivity contribution in [2.75, 3.05) is 0 Å². The van der Waals surface area contributed by atoms with Crippen molar-refractivity contribution in [2.24, 2.45) is 10.2 Å². The van der Waals surface area contributed by atoms with E-state index in [-0.39, 0.29) is 5.41 Å². The minimum absolute atomic E-state index is 0.122. The summed E-state index contributed by atoms with van der Waals surface area (Å²) in [5, 5.41) is 9.47. The monoisotopic (exact) mass is 326 g/mol. The van der Waals surface area contributed by atoms with E-state index in [0.717, 1.165) is 28.4 Å². The Hall–Kier alpha value is -2.20. The second-order valence-corrected chi connectivity index (χ2v) is 7.08. The lowest BCUT2D eigenvalue weighted by molar-refractivity contribution is 0.574. The van der Waals surface area contributed by atoms with Crippen LogP contribution in [0.2, 0.25) is 5.02 Å². The smallest absolute Gasteiger partial charge is 0.183 e. The third-order valence-electron chi connectivity index (χ3n) is 3.52. The summed E-state index contributed by atoms with van der Waals surface area (Å²) in [6, 6.07) is 11.4. The Bertz CT molecular complexity index is 888. The molecule has 0 bridgehead atoms. The molecule has 0 fully saturated rings. The highest BCUT2D eigenvalue weighted by molar-refractivity contribution is 6.30. The van der Waals surface area contributed by atoms with Crippen molar-refractivity contribution in [1.82, 2.24) is 9.38 Å². The molecule has 118 valence electrons. The van der Waals surface area contributed by atoms with Crippen molar-refractivity contribution in [3.8, 4) is 0 Å². The molecule has 0 aliphatic carbocycles. The van der Waals surface area contributed by atoms with Gasteiger partial charge in [-0.1, -0.05) is 44.5 Å². The van der Waals surface area contributed by atoms with Crippen molar-refractivity contribution < 1.29 is 0 Å². The van der Waals surface area contributed by atoms with Crippen LogP contribution in [0.5, 0.6) is 0 Å². The van der Waals surface area contributed by atoms with Crippen LogP contribution in [0.3, 0.4) is 0 Å². The SMILES string of the molecule is Cc1ccc2nc(C(C)(C)C)c(N=Nc3cccc(Cl)c3)n2c1. The molecule has 3 rings (SSSR count). The van der Waals surface area contributed by atoms with E-state index in [9.17, 15) is 0 Å². The summed E-state index contributed by atoms with van der Waals surface area (Å²) in [6.45, 7) is 8.42. The molecule has 2 aromatic heterocycles. The molecule has 23 heavy (non-hydrogen) atoms. The summed E-state index contributed by atoms with van der Waals surface area (Å²) in [7, 11) is 0. The van der Waals surface area contributed by atoms with Crippen LogP contribution in [0.4, 0.5) is 11.5 Å². The number of halogens is 1. The number of rotatable bonds is 2. The van der Waals surface area contributed by atoms with Gasteiger partial charge < -0.3 is 0 Å². The lowest BCUT2D eigenvalue weighted by Gasteiger charge is -2.15. The van der Waals surface area contributed by atoms with Crippen molar-refractivity contribution in [2.45, 2.75) is 33.1 Å². The van der Waals surface area contributed by atoms with Crippen LogP contribution in [-0.2, 0) is 5.41 Å². The van der Waals surface area contributed by atoms with Crippen molar-refractivity contribution >= 4 is 28.8 Å². The van der Waals surface area contributed by atoms with Gasteiger partial charge in [0.25, 0.3) is 0 Å². The topological polar surface area (TPSA) is 42.0 Å². The normalized spacial score (nSPS) is 12.4. The van der Waals surface area contributed by atoms with E-state index >= 15 is 0 Å². The summed E-state index contributed by atoms with van der Waals surface area (Å²) in [5.41, 5.74) is 3.55. The standard InChI is InChI=1S/C18H19ClN4/c1-12-8-9-15-20-16(18(2,3)4)17(23(15)11-12)22-21-14-7-5-6-13(19)10-14/h5-11H,1-4H3. The first-order valence-corrected chi connectivity index (χ1v) is 7.89. The highest BCUT2D eigenvalue weighted by Gasteiger charge is 2.24. The fraction of sp³-hybridized carbons (Fsp3) is 0.278. The van der Waals surface area contributed by atoms with Gasteiger partial charge in [0.15, 0.2) is 5.82 Å². The largest absolute Gasteiger partial charge is 0.283 e. The predicted octanol–water partition coefficient (Wildman–Crippen LogP) is 6.01. The van der Waals surface area contributed by atoms with E-state index in [0.29, 0.717) is 5.02 Å². The molecule has 0 spiro atoms. The quantitative estimate of drug-likeness (QED) is 0.532. The summed E-state index contributed by atoms with van der Waals surface area (Å²) in [5.74, 6) is 0.760. The summed E-state index contributed by atoms with van der Waals surface area (Å²) in [4.78, 5) is 4.74. The van der Waals surface area contributed by atoms with Gasteiger partial charge in [0, 0.05) is 16.6 Å². The molecule has 0 aliphatic rings. The molecule has 0 saturated heterocycles. The zero-order chi connectivity index (χ0) is 16.6. The first-order chi connectivity index (χ1) is 10.8. The fourth-order valence-electron chi connectivity index (χ4n) is 2.38. The second kappa shape index (κ2) is 5.78. The van der Waals surface area contributed by atoms with E-state index in [1.165, 1.54) is 0 Å². The number of benzene rings is 1. The van der Waals surface area contributed by atoms with Crippen LogP contribution in [-0.4, -0.2) is 9.38 Å². The number of azo groups is 1. The first-order valence-electron chi connectivity index (χ1n) is 7.51. The van der Waals surface area contributed by atoms with Crippen molar-refractivity contribution in [3.63, 3.8) is 0 Å². The van der Waals surface area contributed by atoms with Crippen molar-refractivity contribution in [1.29, 1.82) is 0 Å². The molecular weight excluding hydrogens is 308 g/mol. The van der Waals surface area contributed by atoms with Gasteiger partial charge in [-0.25, -0.2) is 4.98 Å². The molecule has 0 unspecified atom stereocenters. The minimum Gasteiger partial charge on any atom is -0.283 e. The molecule has 2 heterocycles. The minimum atomic E-state index is -0.122. The van der Waals surface area contributed by atoms with E-state index in [1.807, 2.05) is 47.9 Å². The molecule has 0 saturated carbocycles. The van der Waals surface area contributed by atoms with Crippen molar-refractivity contribution in [3.05, 3.63) is 58.9 Å². The number of pyridine rings is 1. The first kappa shape index (κ1) is 15.7. The number of aryl methyl sites for hydroxylation is 1. The van der Waals surface area contributed by atoms with Gasteiger partial charge in [-0.2, -0.15) is 0 Å².